The van der Waals surface area contributed by atoms with E-state index < -0.39 is 0 Å². The van der Waals surface area contributed by atoms with Gasteiger partial charge in [-0.15, -0.1) is 0 Å². The molecule has 0 spiro atoms. The number of aromatic nitrogens is 2. The number of Topliss-reactive ketones (excluding diaryl/α,β-unsaturated/α-hetero) is 1. The van der Waals surface area contributed by atoms with Crippen LogP contribution in [0.4, 0.5) is 0 Å². The van der Waals surface area contributed by atoms with Crippen molar-refractivity contribution in [3.05, 3.63) is 11.9 Å². The minimum absolute atomic E-state index is 0.102. The number of ether oxygens (including phenoxy) is 1. The maximum Gasteiger partial charge on any atom is 0.184 e. The topological polar surface area (TPSA) is 44.1 Å². The molecule has 0 fully saturated rings. The summed E-state index contributed by atoms with van der Waals surface area (Å²) in [4.78, 5) is 12.5. The number of methoxy groups -OCH3 is 1. The van der Waals surface area contributed by atoms with Crippen LogP contribution in [0.1, 0.15) is 64.5 Å². The van der Waals surface area contributed by atoms with Gasteiger partial charge in [-0.1, -0.05) is 27.7 Å². The summed E-state index contributed by atoms with van der Waals surface area (Å²) in [6.45, 7) is 12.6. The van der Waals surface area contributed by atoms with E-state index in [1.54, 1.807) is 18.0 Å². The second-order valence-electron chi connectivity index (χ2n) is 6.49. The van der Waals surface area contributed by atoms with Crippen LogP contribution in [-0.2, 0) is 0 Å². The number of carbonyl (C=O) groups is 1. The fourth-order valence-corrected chi connectivity index (χ4v) is 1.83. The number of rotatable bonds is 5. The van der Waals surface area contributed by atoms with Crippen molar-refractivity contribution < 1.29 is 9.53 Å². The van der Waals surface area contributed by atoms with Gasteiger partial charge in [0.05, 0.1) is 13.3 Å². The average Bonchev–Trinajstić information content (AvgIpc) is 2.70. The van der Waals surface area contributed by atoms with Crippen molar-refractivity contribution in [2.75, 3.05) is 7.11 Å². The number of hydrogen-bond donors (Lipinski definition) is 0. The van der Waals surface area contributed by atoms with Gasteiger partial charge in [0.25, 0.3) is 0 Å². The van der Waals surface area contributed by atoms with Crippen LogP contribution in [0.2, 0.25) is 0 Å². The summed E-state index contributed by atoms with van der Waals surface area (Å²) in [5.41, 5.74) is 0.708. The third-order valence-electron chi connectivity index (χ3n) is 3.71. The number of nitrogens with zero attached hydrogens (tertiary/aromatic N) is 2. The van der Waals surface area contributed by atoms with Gasteiger partial charge in [-0.25, -0.2) is 0 Å². The molecule has 19 heavy (non-hydrogen) atoms. The molecule has 108 valence electrons. The first-order chi connectivity index (χ1) is 8.68. The zero-order chi connectivity index (χ0) is 14.8. The molecular formula is C15H26N2O2. The first-order valence-corrected chi connectivity index (χ1v) is 6.83. The van der Waals surface area contributed by atoms with Crippen molar-refractivity contribution in [3.63, 3.8) is 0 Å². The third-order valence-corrected chi connectivity index (χ3v) is 3.71. The van der Waals surface area contributed by atoms with Gasteiger partial charge in [0.1, 0.15) is 5.69 Å². The molecule has 0 aromatic carbocycles. The van der Waals surface area contributed by atoms with E-state index in [9.17, 15) is 4.79 Å². The maximum atomic E-state index is 12.5. The van der Waals surface area contributed by atoms with Gasteiger partial charge in [-0.3, -0.25) is 9.48 Å². The Labute approximate surface area is 116 Å². The molecule has 0 bridgehead atoms. The van der Waals surface area contributed by atoms with Crippen molar-refractivity contribution in [1.82, 2.24) is 9.78 Å². The molecule has 0 N–H and O–H groups in total. The summed E-state index contributed by atoms with van der Waals surface area (Å²) < 4.78 is 7.01. The number of ketones is 1. The van der Waals surface area contributed by atoms with Gasteiger partial charge in [-0.2, -0.15) is 5.10 Å². The van der Waals surface area contributed by atoms with Gasteiger partial charge in [-0.05, 0) is 25.2 Å². The normalized spacial score (nSPS) is 13.7. The first-order valence-electron chi connectivity index (χ1n) is 6.83. The molecule has 1 heterocycles. The fourth-order valence-electron chi connectivity index (χ4n) is 1.83. The summed E-state index contributed by atoms with van der Waals surface area (Å²) >= 11 is 0. The summed E-state index contributed by atoms with van der Waals surface area (Å²) in [6.07, 6.45) is 2.13. The molecule has 0 aliphatic rings. The van der Waals surface area contributed by atoms with E-state index in [-0.39, 0.29) is 17.2 Å². The lowest BCUT2D eigenvalue weighted by Gasteiger charge is -2.26. The molecule has 4 heteroatoms. The van der Waals surface area contributed by atoms with Crippen LogP contribution in [0.25, 0.3) is 0 Å². The van der Waals surface area contributed by atoms with E-state index in [0.717, 1.165) is 0 Å². The molecule has 1 aromatic rings. The lowest BCUT2D eigenvalue weighted by molar-refractivity contribution is 0.0911. The highest BCUT2D eigenvalue weighted by molar-refractivity contribution is 5.97. The van der Waals surface area contributed by atoms with E-state index in [4.69, 9.17) is 4.74 Å². The van der Waals surface area contributed by atoms with Crippen molar-refractivity contribution in [3.8, 4) is 5.75 Å². The SMILES string of the molecule is COc1cnn(C(C)C)c1C(=O)CC(C)C(C)(C)C. The Balaban J connectivity index is 3.02. The molecule has 1 rings (SSSR count). The zero-order valence-electron chi connectivity index (χ0n) is 13.2. The lowest BCUT2D eigenvalue weighted by Crippen LogP contribution is -2.22. The maximum absolute atomic E-state index is 12.5. The van der Waals surface area contributed by atoms with E-state index in [1.807, 2.05) is 13.8 Å². The second-order valence-corrected chi connectivity index (χ2v) is 6.49. The Hall–Kier alpha value is -1.32. The van der Waals surface area contributed by atoms with Crippen LogP contribution in [0.3, 0.4) is 0 Å². The molecule has 1 unspecified atom stereocenters. The Kier molecular flexibility index (Phi) is 4.77. The molecule has 0 amide bonds. The van der Waals surface area contributed by atoms with Crippen LogP contribution in [-0.4, -0.2) is 22.7 Å². The summed E-state index contributed by atoms with van der Waals surface area (Å²) in [6, 6.07) is 0.146. The lowest BCUT2D eigenvalue weighted by atomic mass is 9.79. The molecule has 4 nitrogen and oxygen atoms in total. The third kappa shape index (κ3) is 3.58. The van der Waals surface area contributed by atoms with Gasteiger partial charge in [0, 0.05) is 12.5 Å². The second kappa shape index (κ2) is 5.76. The van der Waals surface area contributed by atoms with E-state index in [2.05, 4.69) is 32.8 Å². The van der Waals surface area contributed by atoms with Crippen LogP contribution < -0.4 is 4.74 Å². The van der Waals surface area contributed by atoms with Gasteiger partial charge < -0.3 is 4.74 Å². The molecule has 0 aliphatic heterocycles. The quantitative estimate of drug-likeness (QED) is 0.763. The van der Waals surface area contributed by atoms with Gasteiger partial charge in [0.15, 0.2) is 11.5 Å². The van der Waals surface area contributed by atoms with Gasteiger partial charge in [0.2, 0.25) is 0 Å². The predicted octanol–water partition coefficient (Wildman–Crippen LogP) is 3.73. The molecule has 0 saturated heterocycles. The van der Waals surface area contributed by atoms with E-state index >= 15 is 0 Å². The highest BCUT2D eigenvalue weighted by Crippen LogP contribution is 2.31. The molecule has 0 aliphatic carbocycles. The van der Waals surface area contributed by atoms with Crippen molar-refractivity contribution in [2.45, 2.75) is 54.0 Å². The monoisotopic (exact) mass is 266 g/mol. The van der Waals surface area contributed by atoms with Crippen molar-refractivity contribution in [1.29, 1.82) is 0 Å². The molecule has 0 saturated carbocycles. The largest absolute Gasteiger partial charge is 0.493 e. The van der Waals surface area contributed by atoms with Gasteiger partial charge >= 0.3 is 0 Å². The number of carbonyl (C=O) groups excluding carboxylic acids is 1. The Morgan fingerprint density at radius 2 is 1.95 bits per heavy atom. The summed E-state index contributed by atoms with van der Waals surface area (Å²) in [7, 11) is 1.58. The first kappa shape index (κ1) is 15.7. The minimum Gasteiger partial charge on any atom is -0.493 e. The van der Waals surface area contributed by atoms with Crippen LogP contribution in [0.15, 0.2) is 6.20 Å². The zero-order valence-corrected chi connectivity index (χ0v) is 13.2. The van der Waals surface area contributed by atoms with Crippen LogP contribution in [0, 0.1) is 11.3 Å². The molecule has 1 aromatic heterocycles. The average molecular weight is 266 g/mol. The summed E-state index contributed by atoms with van der Waals surface area (Å²) in [5.74, 6) is 0.977. The minimum atomic E-state index is 0.102. The highest BCUT2D eigenvalue weighted by Gasteiger charge is 2.27. The Bertz CT molecular complexity index is 441. The van der Waals surface area contributed by atoms with E-state index in [0.29, 0.717) is 23.8 Å². The molecular weight excluding hydrogens is 240 g/mol. The standard InChI is InChI=1S/C15H26N2O2/c1-10(2)17-14(13(19-7)9-16-17)12(18)8-11(3)15(4,5)6/h9-11H,8H2,1-7H3. The van der Waals surface area contributed by atoms with E-state index in [1.165, 1.54) is 0 Å². The van der Waals surface area contributed by atoms with Crippen molar-refractivity contribution in [2.24, 2.45) is 11.3 Å². The van der Waals surface area contributed by atoms with Crippen LogP contribution in [0.5, 0.6) is 5.75 Å². The number of hydrogen-bond acceptors (Lipinski definition) is 3. The molecule has 1 atom stereocenters. The summed E-state index contributed by atoms with van der Waals surface area (Å²) in [5, 5.41) is 4.25. The van der Waals surface area contributed by atoms with Crippen molar-refractivity contribution >= 4 is 5.78 Å². The molecule has 0 radical (unpaired) electrons. The Morgan fingerprint density at radius 1 is 1.37 bits per heavy atom. The highest BCUT2D eigenvalue weighted by atomic mass is 16.5. The fraction of sp³-hybridized carbons (Fsp3) is 0.733. The Morgan fingerprint density at radius 3 is 2.37 bits per heavy atom. The predicted molar refractivity (Wildman–Crippen MR) is 76.7 cm³/mol. The van der Waals surface area contributed by atoms with Crippen LogP contribution >= 0.6 is 0 Å². The smallest absolute Gasteiger partial charge is 0.184 e.